The van der Waals surface area contributed by atoms with Crippen molar-refractivity contribution in [3.05, 3.63) is 30.7 Å². The maximum atomic E-state index is 15.7. The molecular weight excluding hydrogens is 463 g/mol. The van der Waals surface area contributed by atoms with Gasteiger partial charge in [0, 0.05) is 11.5 Å². The Kier molecular flexibility index (Phi) is 8.70. The van der Waals surface area contributed by atoms with Gasteiger partial charge in [0.05, 0.1) is 12.5 Å². The molecule has 9 heteroatoms. The molecule has 2 aliphatic carbocycles. The summed E-state index contributed by atoms with van der Waals surface area (Å²) in [6.45, 7) is 2.63. The summed E-state index contributed by atoms with van der Waals surface area (Å²) >= 11 is 4.05. The lowest BCUT2D eigenvalue weighted by atomic mass is 9.65. The van der Waals surface area contributed by atoms with E-state index in [9.17, 15) is 18.0 Å². The Bertz CT molecular complexity index is 789. The van der Waals surface area contributed by atoms with Gasteiger partial charge >= 0.3 is 5.97 Å². The number of hydrogen-bond acceptors (Lipinski definition) is 4. The maximum Gasteiger partial charge on any atom is 0.352 e. The van der Waals surface area contributed by atoms with Crippen LogP contribution in [-0.4, -0.2) is 48.5 Å². The molecule has 2 aliphatic rings. The van der Waals surface area contributed by atoms with Gasteiger partial charge in [-0.3, -0.25) is 0 Å². The Morgan fingerprint density at radius 1 is 1.03 bits per heavy atom. The molecule has 2 fully saturated rings. The molecule has 1 aromatic carbocycles. The molecule has 0 spiro atoms. The third kappa shape index (κ3) is 5.50. The van der Waals surface area contributed by atoms with Gasteiger partial charge in [0.1, 0.15) is 11.9 Å². The van der Waals surface area contributed by atoms with Crippen LogP contribution in [0.3, 0.4) is 0 Å². The molecular formula is C24H30F5O3S. The van der Waals surface area contributed by atoms with Gasteiger partial charge in [0.15, 0.2) is 18.0 Å². The Labute approximate surface area is 196 Å². The van der Waals surface area contributed by atoms with Gasteiger partial charge in [-0.05, 0) is 62.3 Å². The van der Waals surface area contributed by atoms with Crippen LogP contribution in [0.4, 0.5) is 22.0 Å². The lowest BCUT2D eigenvalue weighted by Gasteiger charge is -2.48. The summed E-state index contributed by atoms with van der Waals surface area (Å²) in [7, 11) is 0. The molecule has 5 unspecified atom stereocenters. The molecule has 0 aliphatic heterocycles. The van der Waals surface area contributed by atoms with Crippen LogP contribution in [-0.2, 0) is 9.53 Å². The number of alkyl halides is 5. The fourth-order valence-electron chi connectivity index (χ4n) is 4.63. The number of carbonyl (C=O) groups is 1. The summed E-state index contributed by atoms with van der Waals surface area (Å²) in [6, 6.07) is 5.39. The SMILES string of the molecule is CCCCCO[C@H]1CC[C@H](C2(F)C(F)[CH]C(F)(C(=O)Oc3ccc(S)cc3)C(F)C2F)CC1. The Hall–Kier alpha value is -1.35. The lowest BCUT2D eigenvalue weighted by molar-refractivity contribution is -0.178. The third-order valence-electron chi connectivity index (χ3n) is 6.65. The second-order valence-electron chi connectivity index (χ2n) is 8.90. The van der Waals surface area contributed by atoms with E-state index in [-0.39, 0.29) is 31.1 Å². The molecule has 0 heterocycles. The molecule has 185 valence electrons. The van der Waals surface area contributed by atoms with Gasteiger partial charge in [-0.25, -0.2) is 26.7 Å². The van der Waals surface area contributed by atoms with Crippen LogP contribution < -0.4 is 4.74 Å². The van der Waals surface area contributed by atoms with Gasteiger partial charge in [-0.1, -0.05) is 19.8 Å². The number of carbonyl (C=O) groups excluding carboxylic acids is 1. The van der Waals surface area contributed by atoms with E-state index in [1.165, 1.54) is 24.3 Å². The molecule has 3 nitrogen and oxygen atoms in total. The van der Waals surface area contributed by atoms with Crippen molar-refractivity contribution >= 4 is 18.6 Å². The summed E-state index contributed by atoms with van der Waals surface area (Å²) < 4.78 is 86.2. The van der Waals surface area contributed by atoms with Crippen molar-refractivity contribution in [3.63, 3.8) is 0 Å². The van der Waals surface area contributed by atoms with Crippen LogP contribution in [0.15, 0.2) is 29.2 Å². The van der Waals surface area contributed by atoms with E-state index in [1.54, 1.807) is 0 Å². The fourth-order valence-corrected chi connectivity index (χ4v) is 4.78. The van der Waals surface area contributed by atoms with Crippen LogP contribution in [0, 0.1) is 12.3 Å². The van der Waals surface area contributed by atoms with Crippen LogP contribution in [0.25, 0.3) is 0 Å². The largest absolute Gasteiger partial charge is 0.424 e. The van der Waals surface area contributed by atoms with E-state index in [0.29, 0.717) is 24.3 Å². The normalized spacial score (nSPS) is 37.0. The zero-order valence-electron chi connectivity index (χ0n) is 18.5. The number of halogens is 5. The summed E-state index contributed by atoms with van der Waals surface area (Å²) in [5.74, 6) is -3.15. The Morgan fingerprint density at radius 3 is 2.27 bits per heavy atom. The highest BCUT2D eigenvalue weighted by Gasteiger charge is 2.70. The van der Waals surface area contributed by atoms with Crippen molar-refractivity contribution in [2.45, 2.75) is 92.7 Å². The first-order chi connectivity index (χ1) is 15.6. The molecule has 0 bridgehead atoms. The second-order valence-corrected chi connectivity index (χ2v) is 9.42. The predicted octanol–water partition coefficient (Wildman–Crippen LogP) is 6.30. The first kappa shape index (κ1) is 26.3. The standard InChI is InChI=1S/C24H30F5O3S/c1-2-3-4-13-31-16-7-5-15(6-8-16)24(29)19(25)14-23(28,20(26)21(24)27)22(30)32-17-9-11-18(33)12-10-17/h9-12,14-16,19-21,33H,2-8,13H2,1H3/t15-,16-,19?,20?,21?,23?,24?. The molecule has 0 amide bonds. The van der Waals surface area contributed by atoms with Crippen LogP contribution >= 0.6 is 12.6 Å². The summed E-state index contributed by atoms with van der Waals surface area (Å²) in [6.07, 6.45) is -5.51. The summed E-state index contributed by atoms with van der Waals surface area (Å²) in [4.78, 5) is 12.8. The van der Waals surface area contributed by atoms with Gasteiger partial charge < -0.3 is 9.47 Å². The minimum atomic E-state index is -3.76. The minimum absolute atomic E-state index is 0.0175. The quantitative estimate of drug-likeness (QED) is 0.152. The Balaban J connectivity index is 1.64. The highest BCUT2D eigenvalue weighted by molar-refractivity contribution is 7.80. The first-order valence-electron chi connectivity index (χ1n) is 11.4. The van der Waals surface area contributed by atoms with Crippen LogP contribution in [0.1, 0.15) is 51.9 Å². The monoisotopic (exact) mass is 493 g/mol. The van der Waals surface area contributed by atoms with E-state index in [4.69, 9.17) is 9.47 Å². The van der Waals surface area contributed by atoms with E-state index < -0.39 is 41.7 Å². The third-order valence-corrected chi connectivity index (χ3v) is 6.95. The predicted molar refractivity (Wildman–Crippen MR) is 117 cm³/mol. The average molecular weight is 494 g/mol. The van der Waals surface area contributed by atoms with E-state index >= 15 is 8.78 Å². The maximum absolute atomic E-state index is 15.7. The summed E-state index contributed by atoms with van der Waals surface area (Å²) in [5.41, 5.74) is -7.02. The van der Waals surface area contributed by atoms with E-state index in [0.717, 1.165) is 19.3 Å². The molecule has 1 radical (unpaired) electrons. The number of esters is 1. The van der Waals surface area contributed by atoms with Crippen molar-refractivity contribution < 1.29 is 36.2 Å². The number of rotatable bonds is 8. The van der Waals surface area contributed by atoms with E-state index in [2.05, 4.69) is 19.6 Å². The number of ether oxygens (including phenoxy) is 2. The molecule has 1 aromatic rings. The summed E-state index contributed by atoms with van der Waals surface area (Å²) in [5, 5.41) is 0. The Morgan fingerprint density at radius 2 is 1.67 bits per heavy atom. The van der Waals surface area contributed by atoms with Crippen molar-refractivity contribution in [2.75, 3.05) is 6.61 Å². The fraction of sp³-hybridized carbons (Fsp3) is 0.667. The highest BCUT2D eigenvalue weighted by atomic mass is 32.1. The van der Waals surface area contributed by atoms with E-state index in [1.807, 2.05) is 0 Å². The van der Waals surface area contributed by atoms with Gasteiger partial charge in [-0.15, -0.1) is 12.6 Å². The van der Waals surface area contributed by atoms with Crippen molar-refractivity contribution in [1.29, 1.82) is 0 Å². The number of benzene rings is 1. The zero-order valence-corrected chi connectivity index (χ0v) is 19.4. The lowest BCUT2D eigenvalue weighted by Crippen LogP contribution is -2.68. The van der Waals surface area contributed by atoms with Gasteiger partial charge in [-0.2, -0.15) is 0 Å². The van der Waals surface area contributed by atoms with Crippen molar-refractivity contribution in [2.24, 2.45) is 5.92 Å². The molecule has 0 aromatic heterocycles. The van der Waals surface area contributed by atoms with Gasteiger partial charge in [0.25, 0.3) is 0 Å². The molecule has 33 heavy (non-hydrogen) atoms. The zero-order chi connectivity index (χ0) is 24.2. The van der Waals surface area contributed by atoms with Crippen molar-refractivity contribution in [3.8, 4) is 5.75 Å². The van der Waals surface area contributed by atoms with Crippen LogP contribution in [0.2, 0.25) is 0 Å². The molecule has 5 atom stereocenters. The molecule has 0 saturated heterocycles. The number of hydrogen-bond donors (Lipinski definition) is 1. The molecule has 3 rings (SSSR count). The number of unbranched alkanes of at least 4 members (excludes halogenated alkanes) is 2. The minimum Gasteiger partial charge on any atom is -0.424 e. The van der Waals surface area contributed by atoms with Crippen molar-refractivity contribution in [1.82, 2.24) is 0 Å². The first-order valence-corrected chi connectivity index (χ1v) is 11.9. The highest BCUT2D eigenvalue weighted by Crippen LogP contribution is 2.52. The molecule has 0 N–H and O–H groups in total. The average Bonchev–Trinajstić information content (AvgIpc) is 2.81. The smallest absolute Gasteiger partial charge is 0.352 e. The molecule has 2 saturated carbocycles. The van der Waals surface area contributed by atoms with Gasteiger partial charge in [0.2, 0.25) is 5.67 Å². The van der Waals surface area contributed by atoms with Crippen LogP contribution in [0.5, 0.6) is 5.75 Å². The number of thiol groups is 1. The second kappa shape index (κ2) is 10.9. The topological polar surface area (TPSA) is 35.5 Å².